The SMILES string of the molecule is CCCCCCCC(C(O)CCCCCC)S(=O)(=O)O. The highest BCUT2D eigenvalue weighted by Gasteiger charge is 2.29. The summed E-state index contributed by atoms with van der Waals surface area (Å²) in [5.74, 6) is 0. The van der Waals surface area contributed by atoms with Crippen molar-refractivity contribution in [3.05, 3.63) is 0 Å². The van der Waals surface area contributed by atoms with Gasteiger partial charge in [-0.3, -0.25) is 4.55 Å². The van der Waals surface area contributed by atoms with Gasteiger partial charge in [0.1, 0.15) is 5.25 Å². The van der Waals surface area contributed by atoms with Gasteiger partial charge >= 0.3 is 0 Å². The average Bonchev–Trinajstić information content (AvgIpc) is 2.37. The van der Waals surface area contributed by atoms with Crippen molar-refractivity contribution in [1.29, 1.82) is 0 Å². The van der Waals surface area contributed by atoms with Gasteiger partial charge in [-0.25, -0.2) is 0 Å². The molecule has 0 saturated carbocycles. The summed E-state index contributed by atoms with van der Waals surface area (Å²) in [6.07, 6.45) is 8.98. The molecule has 0 fully saturated rings. The molecule has 122 valence electrons. The van der Waals surface area contributed by atoms with E-state index < -0.39 is 21.5 Å². The fourth-order valence-electron chi connectivity index (χ4n) is 2.46. The quantitative estimate of drug-likeness (QED) is 0.399. The first-order valence-corrected chi connectivity index (χ1v) is 9.58. The Morgan fingerprint density at radius 3 is 1.75 bits per heavy atom. The zero-order valence-electron chi connectivity index (χ0n) is 13.1. The summed E-state index contributed by atoms with van der Waals surface area (Å²) in [6.45, 7) is 4.23. The van der Waals surface area contributed by atoms with E-state index in [4.69, 9.17) is 0 Å². The molecule has 5 heteroatoms. The predicted molar refractivity (Wildman–Crippen MR) is 83.5 cm³/mol. The van der Waals surface area contributed by atoms with Crippen molar-refractivity contribution < 1.29 is 18.1 Å². The summed E-state index contributed by atoms with van der Waals surface area (Å²) in [5, 5.41) is 9.00. The Bertz CT molecular complexity index is 314. The van der Waals surface area contributed by atoms with Crippen molar-refractivity contribution >= 4 is 10.1 Å². The molecule has 0 amide bonds. The summed E-state index contributed by atoms with van der Waals surface area (Å²) in [7, 11) is -4.15. The van der Waals surface area contributed by atoms with E-state index >= 15 is 0 Å². The van der Waals surface area contributed by atoms with Crippen LogP contribution in [0.15, 0.2) is 0 Å². The van der Waals surface area contributed by atoms with Gasteiger partial charge in [0.25, 0.3) is 10.1 Å². The minimum absolute atomic E-state index is 0.359. The molecule has 20 heavy (non-hydrogen) atoms. The lowest BCUT2D eigenvalue weighted by Gasteiger charge is -2.20. The second-order valence-corrected chi connectivity index (χ2v) is 7.31. The molecule has 2 unspecified atom stereocenters. The molecule has 0 aromatic carbocycles. The van der Waals surface area contributed by atoms with Crippen LogP contribution in [-0.4, -0.2) is 29.4 Å². The third-order valence-electron chi connectivity index (χ3n) is 3.76. The van der Waals surface area contributed by atoms with Crippen LogP contribution in [0.5, 0.6) is 0 Å². The van der Waals surface area contributed by atoms with Crippen LogP contribution in [0, 0.1) is 0 Å². The average molecular weight is 308 g/mol. The van der Waals surface area contributed by atoms with Crippen LogP contribution in [0.4, 0.5) is 0 Å². The topological polar surface area (TPSA) is 74.6 Å². The molecule has 0 bridgehead atoms. The molecular formula is C15H32O4S. The van der Waals surface area contributed by atoms with E-state index in [-0.39, 0.29) is 0 Å². The molecular weight excluding hydrogens is 276 g/mol. The van der Waals surface area contributed by atoms with Crippen LogP contribution in [0.25, 0.3) is 0 Å². The Balaban J connectivity index is 4.14. The number of aliphatic hydroxyl groups is 1. The minimum atomic E-state index is -4.15. The minimum Gasteiger partial charge on any atom is -0.392 e. The number of rotatable bonds is 13. The first kappa shape index (κ1) is 19.9. The van der Waals surface area contributed by atoms with E-state index in [1.807, 2.05) is 0 Å². The van der Waals surface area contributed by atoms with Gasteiger partial charge in [-0.2, -0.15) is 8.42 Å². The van der Waals surface area contributed by atoms with E-state index in [0.29, 0.717) is 12.8 Å². The Morgan fingerprint density at radius 1 is 0.800 bits per heavy atom. The van der Waals surface area contributed by atoms with Gasteiger partial charge in [0.2, 0.25) is 0 Å². The molecule has 0 heterocycles. The Labute approximate surface area is 124 Å². The smallest absolute Gasteiger partial charge is 0.270 e. The van der Waals surface area contributed by atoms with Crippen LogP contribution >= 0.6 is 0 Å². The summed E-state index contributed by atoms with van der Waals surface area (Å²) in [5.41, 5.74) is 0. The number of hydrogen-bond acceptors (Lipinski definition) is 3. The van der Waals surface area contributed by atoms with Gasteiger partial charge in [-0.05, 0) is 12.8 Å². The van der Waals surface area contributed by atoms with Crippen LogP contribution in [0.2, 0.25) is 0 Å². The number of hydrogen-bond donors (Lipinski definition) is 2. The molecule has 0 saturated heterocycles. The van der Waals surface area contributed by atoms with Crippen molar-refractivity contribution in [3.63, 3.8) is 0 Å². The highest BCUT2D eigenvalue weighted by Crippen LogP contribution is 2.19. The van der Waals surface area contributed by atoms with Gasteiger partial charge in [0.05, 0.1) is 6.10 Å². The van der Waals surface area contributed by atoms with Crippen LogP contribution in [0.3, 0.4) is 0 Å². The van der Waals surface area contributed by atoms with Crippen molar-refractivity contribution in [3.8, 4) is 0 Å². The maximum atomic E-state index is 11.4. The summed E-state index contributed by atoms with van der Waals surface area (Å²) >= 11 is 0. The fraction of sp³-hybridized carbons (Fsp3) is 1.00. The lowest BCUT2D eigenvalue weighted by Crippen LogP contribution is -2.33. The van der Waals surface area contributed by atoms with E-state index in [0.717, 1.165) is 57.8 Å². The third-order valence-corrected chi connectivity index (χ3v) is 5.07. The molecule has 0 rings (SSSR count). The Kier molecular flexibility index (Phi) is 11.4. The zero-order valence-corrected chi connectivity index (χ0v) is 13.9. The summed E-state index contributed by atoms with van der Waals surface area (Å²) < 4.78 is 32.0. The normalized spacial score (nSPS) is 15.2. The molecule has 0 radical (unpaired) electrons. The van der Waals surface area contributed by atoms with E-state index in [2.05, 4.69) is 13.8 Å². The highest BCUT2D eigenvalue weighted by atomic mass is 32.2. The molecule has 0 aromatic heterocycles. The van der Waals surface area contributed by atoms with Crippen LogP contribution in [-0.2, 0) is 10.1 Å². The third kappa shape index (κ3) is 9.72. The fourth-order valence-corrected chi connectivity index (χ4v) is 3.45. The van der Waals surface area contributed by atoms with Gasteiger partial charge in [-0.1, -0.05) is 71.6 Å². The van der Waals surface area contributed by atoms with Crippen molar-refractivity contribution in [1.82, 2.24) is 0 Å². The second kappa shape index (κ2) is 11.5. The lowest BCUT2D eigenvalue weighted by atomic mass is 10.0. The van der Waals surface area contributed by atoms with E-state index in [1.165, 1.54) is 0 Å². The molecule has 2 N–H and O–H groups in total. The van der Waals surface area contributed by atoms with Crippen LogP contribution < -0.4 is 0 Å². The maximum absolute atomic E-state index is 11.4. The van der Waals surface area contributed by atoms with Crippen molar-refractivity contribution in [2.45, 2.75) is 95.8 Å². The number of aliphatic hydroxyl groups excluding tert-OH is 1. The number of unbranched alkanes of at least 4 members (excludes halogenated alkanes) is 7. The van der Waals surface area contributed by atoms with Gasteiger partial charge < -0.3 is 5.11 Å². The van der Waals surface area contributed by atoms with Crippen LogP contribution in [0.1, 0.15) is 84.5 Å². The first-order chi connectivity index (χ1) is 9.43. The first-order valence-electron chi connectivity index (χ1n) is 8.07. The van der Waals surface area contributed by atoms with E-state index in [1.54, 1.807) is 0 Å². The molecule has 0 aliphatic rings. The van der Waals surface area contributed by atoms with E-state index in [9.17, 15) is 18.1 Å². The van der Waals surface area contributed by atoms with Crippen molar-refractivity contribution in [2.75, 3.05) is 0 Å². The van der Waals surface area contributed by atoms with Gasteiger partial charge in [0.15, 0.2) is 0 Å². The van der Waals surface area contributed by atoms with Gasteiger partial charge in [-0.15, -0.1) is 0 Å². The monoisotopic (exact) mass is 308 g/mol. The van der Waals surface area contributed by atoms with Gasteiger partial charge in [0, 0.05) is 0 Å². The molecule has 0 aliphatic heterocycles. The van der Waals surface area contributed by atoms with Crippen molar-refractivity contribution in [2.24, 2.45) is 0 Å². The predicted octanol–water partition coefficient (Wildman–Crippen LogP) is 3.93. The highest BCUT2D eigenvalue weighted by molar-refractivity contribution is 7.86. The molecule has 4 nitrogen and oxygen atoms in total. The molecule has 0 spiro atoms. The molecule has 0 aromatic rings. The largest absolute Gasteiger partial charge is 0.392 e. The summed E-state index contributed by atoms with van der Waals surface area (Å²) in [4.78, 5) is 0. The standard InChI is InChI=1S/C15H32O4S/c1-3-5-7-9-11-13-15(20(17,18)19)14(16)12-10-8-6-4-2/h14-16H,3-13H2,1-2H3,(H,17,18,19). The second-order valence-electron chi connectivity index (χ2n) is 5.67. The molecule has 2 atom stereocenters. The molecule has 0 aliphatic carbocycles. The summed E-state index contributed by atoms with van der Waals surface area (Å²) in [6, 6.07) is 0. The maximum Gasteiger partial charge on any atom is 0.270 e. The zero-order chi connectivity index (χ0) is 15.4. The lowest BCUT2D eigenvalue weighted by molar-refractivity contribution is 0.146. The Hall–Kier alpha value is -0.130. The Morgan fingerprint density at radius 2 is 1.25 bits per heavy atom.